The molecule has 0 radical (unpaired) electrons. The number of carbonyl (C=O) groups excluding carboxylic acids is 1. The Hall–Kier alpha value is -3.23. The summed E-state index contributed by atoms with van der Waals surface area (Å²) in [6.45, 7) is 7.28. The number of hydrogen-bond donors (Lipinski definition) is 2. The molecule has 1 fully saturated rings. The monoisotopic (exact) mass is 521 g/mol. The number of aliphatic hydroxyl groups excluding tert-OH is 1. The molecule has 0 aliphatic carbocycles. The van der Waals surface area contributed by atoms with Crippen molar-refractivity contribution < 1.29 is 14.3 Å². The second-order valence-corrected chi connectivity index (χ2v) is 11.2. The van der Waals surface area contributed by atoms with Gasteiger partial charge in [-0.2, -0.15) is 0 Å². The van der Waals surface area contributed by atoms with Gasteiger partial charge in [-0.1, -0.05) is 81.4 Å². The number of hydrogen-bond acceptors (Lipinski definition) is 4. The molecule has 3 aromatic rings. The van der Waals surface area contributed by atoms with E-state index in [0.717, 1.165) is 16.8 Å². The van der Waals surface area contributed by atoms with Crippen molar-refractivity contribution in [2.24, 2.45) is 11.1 Å². The Kier molecular flexibility index (Phi) is 8.84. The van der Waals surface area contributed by atoms with Gasteiger partial charge in [0.05, 0.1) is 24.4 Å². The van der Waals surface area contributed by atoms with E-state index < -0.39 is 23.7 Å². The molecule has 2 amide bonds. The van der Waals surface area contributed by atoms with E-state index in [1.165, 1.54) is 0 Å². The van der Waals surface area contributed by atoms with Crippen molar-refractivity contribution >= 4 is 6.03 Å². The highest BCUT2D eigenvalue weighted by Crippen LogP contribution is 2.40. The Bertz CT molecular complexity index is 1170. The Balaban J connectivity index is 1.82. The highest BCUT2D eigenvalue weighted by atomic mass is 19.1. The predicted octanol–water partition coefficient (Wildman–Crippen LogP) is 4.86. The molecule has 0 spiro atoms. The normalized spacial score (nSPS) is 16.3. The number of piperidine rings is 1. The van der Waals surface area contributed by atoms with Crippen molar-refractivity contribution in [2.45, 2.75) is 58.5 Å². The minimum atomic E-state index is -1.37. The number of aliphatic hydroxyl groups is 1. The molecule has 2 aromatic carbocycles. The molecule has 7 nitrogen and oxygen atoms in total. The van der Waals surface area contributed by atoms with Gasteiger partial charge < -0.3 is 25.2 Å². The molecule has 2 atom stereocenters. The van der Waals surface area contributed by atoms with Crippen LogP contribution in [0.15, 0.2) is 66.9 Å². The standard InChI is InChI=1S/C30H40FN5O2/c1-30(2,3)27(36(20-24(31)18-32)29(38)34-16-14-25(37)15-17-34)28-33-26(23-12-8-5-9-13-23)21-35(28)19-22-10-6-4-7-11-22/h4-13,21,24-25,27,37H,14-20,32H2,1-3H3/t24-,27-/m0/s1. The summed E-state index contributed by atoms with van der Waals surface area (Å²) in [5.74, 6) is 0.704. The first-order valence-electron chi connectivity index (χ1n) is 13.4. The van der Waals surface area contributed by atoms with E-state index in [1.807, 2.05) is 54.7 Å². The number of rotatable bonds is 8. The van der Waals surface area contributed by atoms with Gasteiger partial charge in [0.15, 0.2) is 0 Å². The van der Waals surface area contributed by atoms with Crippen LogP contribution in [-0.4, -0.2) is 68.9 Å². The third-order valence-corrected chi connectivity index (χ3v) is 7.08. The fraction of sp³-hybridized carbons (Fsp3) is 0.467. The van der Waals surface area contributed by atoms with Crippen LogP contribution >= 0.6 is 0 Å². The van der Waals surface area contributed by atoms with Crippen LogP contribution in [0.5, 0.6) is 0 Å². The molecule has 4 rings (SSSR count). The minimum absolute atomic E-state index is 0.130. The number of benzene rings is 2. The molecule has 0 bridgehead atoms. The van der Waals surface area contributed by atoms with Crippen LogP contribution in [0.1, 0.15) is 51.0 Å². The first-order chi connectivity index (χ1) is 18.2. The van der Waals surface area contributed by atoms with Gasteiger partial charge in [-0.25, -0.2) is 14.2 Å². The second kappa shape index (κ2) is 12.1. The van der Waals surface area contributed by atoms with E-state index in [-0.39, 0.29) is 19.1 Å². The first-order valence-corrected chi connectivity index (χ1v) is 13.4. The zero-order valence-corrected chi connectivity index (χ0v) is 22.6. The smallest absolute Gasteiger partial charge is 0.320 e. The Labute approximate surface area is 225 Å². The average Bonchev–Trinajstić information content (AvgIpc) is 3.31. The molecule has 1 saturated heterocycles. The van der Waals surface area contributed by atoms with E-state index in [0.29, 0.717) is 38.3 Å². The van der Waals surface area contributed by atoms with Gasteiger partial charge >= 0.3 is 6.03 Å². The fourth-order valence-electron chi connectivity index (χ4n) is 5.12. The minimum Gasteiger partial charge on any atom is -0.393 e. The summed E-state index contributed by atoms with van der Waals surface area (Å²) < 4.78 is 17.0. The van der Waals surface area contributed by atoms with Crippen molar-refractivity contribution in [3.8, 4) is 11.3 Å². The Morgan fingerprint density at radius 3 is 2.29 bits per heavy atom. The number of likely N-dealkylation sites (tertiary alicyclic amines) is 1. The maximum Gasteiger partial charge on any atom is 0.320 e. The van der Waals surface area contributed by atoms with Gasteiger partial charge in [0.1, 0.15) is 12.0 Å². The summed E-state index contributed by atoms with van der Waals surface area (Å²) in [5.41, 5.74) is 8.11. The van der Waals surface area contributed by atoms with E-state index >= 15 is 0 Å². The molecule has 0 unspecified atom stereocenters. The van der Waals surface area contributed by atoms with Gasteiger partial charge in [-0.05, 0) is 23.8 Å². The highest BCUT2D eigenvalue weighted by molar-refractivity contribution is 5.75. The topological polar surface area (TPSA) is 87.6 Å². The van der Waals surface area contributed by atoms with Crippen LogP contribution < -0.4 is 5.73 Å². The van der Waals surface area contributed by atoms with Crippen LogP contribution in [-0.2, 0) is 6.54 Å². The Morgan fingerprint density at radius 1 is 1.11 bits per heavy atom. The van der Waals surface area contributed by atoms with Crippen molar-refractivity contribution in [1.29, 1.82) is 0 Å². The van der Waals surface area contributed by atoms with Crippen LogP contribution in [0.4, 0.5) is 9.18 Å². The van der Waals surface area contributed by atoms with E-state index in [9.17, 15) is 14.3 Å². The summed E-state index contributed by atoms with van der Waals surface area (Å²) in [7, 11) is 0. The van der Waals surface area contributed by atoms with Crippen molar-refractivity contribution in [1.82, 2.24) is 19.4 Å². The van der Waals surface area contributed by atoms with Gasteiger partial charge in [0.2, 0.25) is 0 Å². The quantitative estimate of drug-likeness (QED) is 0.443. The van der Waals surface area contributed by atoms with E-state index in [2.05, 4.69) is 37.5 Å². The van der Waals surface area contributed by atoms with Crippen LogP contribution in [0, 0.1) is 5.41 Å². The maximum atomic E-state index is 14.9. The number of carbonyl (C=O) groups is 1. The molecule has 38 heavy (non-hydrogen) atoms. The van der Waals surface area contributed by atoms with Crippen LogP contribution in [0.2, 0.25) is 0 Å². The van der Waals surface area contributed by atoms with Crippen molar-refractivity contribution in [2.75, 3.05) is 26.2 Å². The molecular weight excluding hydrogens is 481 g/mol. The third kappa shape index (κ3) is 6.60. The maximum absolute atomic E-state index is 14.9. The van der Waals surface area contributed by atoms with Gasteiger partial charge in [-0.3, -0.25) is 0 Å². The van der Waals surface area contributed by atoms with Crippen molar-refractivity contribution in [3.63, 3.8) is 0 Å². The van der Waals surface area contributed by atoms with E-state index in [1.54, 1.807) is 9.80 Å². The van der Waals surface area contributed by atoms with Gasteiger partial charge in [0.25, 0.3) is 0 Å². The lowest BCUT2D eigenvalue weighted by Gasteiger charge is -2.43. The summed E-state index contributed by atoms with van der Waals surface area (Å²) in [4.78, 5) is 22.4. The molecule has 3 N–H and O–H groups in total. The molecule has 1 aliphatic rings. The summed E-state index contributed by atoms with van der Waals surface area (Å²) >= 11 is 0. The average molecular weight is 522 g/mol. The summed E-state index contributed by atoms with van der Waals surface area (Å²) in [6.07, 6.45) is 1.26. The first kappa shape index (κ1) is 27.8. The van der Waals surface area contributed by atoms with Crippen LogP contribution in [0.3, 0.4) is 0 Å². The number of imidazole rings is 1. The number of alkyl halides is 1. The number of amides is 2. The fourth-order valence-corrected chi connectivity index (χ4v) is 5.12. The molecule has 0 saturated carbocycles. The number of urea groups is 1. The number of aromatic nitrogens is 2. The number of halogens is 1. The predicted molar refractivity (Wildman–Crippen MR) is 148 cm³/mol. The third-order valence-electron chi connectivity index (χ3n) is 7.08. The lowest BCUT2D eigenvalue weighted by atomic mass is 9.84. The highest BCUT2D eigenvalue weighted by Gasteiger charge is 2.41. The molecule has 204 valence electrons. The summed E-state index contributed by atoms with van der Waals surface area (Å²) in [6, 6.07) is 19.3. The molecule has 8 heteroatoms. The Morgan fingerprint density at radius 2 is 1.71 bits per heavy atom. The molecule has 1 aromatic heterocycles. The largest absolute Gasteiger partial charge is 0.393 e. The van der Waals surface area contributed by atoms with Gasteiger partial charge in [0, 0.05) is 37.9 Å². The zero-order chi connectivity index (χ0) is 27.3. The summed E-state index contributed by atoms with van der Waals surface area (Å²) in [5, 5.41) is 9.99. The molecular formula is C30H40FN5O2. The van der Waals surface area contributed by atoms with Crippen LogP contribution in [0.25, 0.3) is 11.3 Å². The number of nitrogens with zero attached hydrogens (tertiary/aromatic N) is 4. The molecule has 2 heterocycles. The zero-order valence-electron chi connectivity index (χ0n) is 22.6. The van der Waals surface area contributed by atoms with Gasteiger partial charge in [-0.15, -0.1) is 0 Å². The molecule has 1 aliphatic heterocycles. The SMILES string of the molecule is CC(C)(C)[C@H](c1nc(-c2ccccc2)cn1Cc1ccccc1)N(C[C@@H](F)CN)C(=O)N1CCC(O)CC1. The number of nitrogens with two attached hydrogens (primary N) is 1. The lowest BCUT2D eigenvalue weighted by Crippen LogP contribution is -2.53. The van der Waals surface area contributed by atoms with Crippen molar-refractivity contribution in [3.05, 3.63) is 78.2 Å². The second-order valence-electron chi connectivity index (χ2n) is 11.2. The van der Waals surface area contributed by atoms with E-state index in [4.69, 9.17) is 10.7 Å². The lowest BCUT2D eigenvalue weighted by molar-refractivity contribution is 0.0466.